The van der Waals surface area contributed by atoms with Crippen molar-refractivity contribution in [2.24, 2.45) is 0 Å². The highest BCUT2D eigenvalue weighted by molar-refractivity contribution is 6.29. The van der Waals surface area contributed by atoms with Gasteiger partial charge in [-0.15, -0.1) is 4.52 Å². The Bertz CT molecular complexity index is 804. The zero-order chi connectivity index (χ0) is 14.1. The van der Waals surface area contributed by atoms with Gasteiger partial charge in [-0.2, -0.15) is 9.67 Å². The van der Waals surface area contributed by atoms with Gasteiger partial charge in [0.1, 0.15) is 10.8 Å². The van der Waals surface area contributed by atoms with Crippen LogP contribution >= 0.6 is 11.6 Å². The summed E-state index contributed by atoms with van der Waals surface area (Å²) < 4.78 is 3.52. The summed E-state index contributed by atoms with van der Waals surface area (Å²) in [5, 5.41) is 3.33. The Balaban J connectivity index is 2.08. The second kappa shape index (κ2) is 5.09. The maximum atomic E-state index is 11.9. The minimum atomic E-state index is -0.103. The van der Waals surface area contributed by atoms with Gasteiger partial charge in [-0.05, 0) is 24.6 Å². The van der Waals surface area contributed by atoms with Crippen LogP contribution in [-0.4, -0.2) is 14.6 Å². The lowest BCUT2D eigenvalue weighted by atomic mass is 10.1. The third-order valence-corrected chi connectivity index (χ3v) is 3.49. The molecule has 0 spiro atoms. The molecule has 0 saturated carbocycles. The molecule has 0 aliphatic heterocycles. The number of hydrogen-bond acceptors (Lipinski definition) is 2. The van der Waals surface area contributed by atoms with E-state index in [2.05, 4.69) is 10.1 Å². The van der Waals surface area contributed by atoms with Crippen molar-refractivity contribution in [3.05, 3.63) is 63.4 Å². The Kier molecular flexibility index (Phi) is 3.28. The van der Waals surface area contributed by atoms with E-state index in [4.69, 9.17) is 11.6 Å². The zero-order valence-corrected chi connectivity index (χ0v) is 11.8. The zero-order valence-electron chi connectivity index (χ0n) is 11.0. The molecule has 3 heterocycles. The molecular weight excluding hydrogens is 276 g/mol. The first-order valence-electron chi connectivity index (χ1n) is 6.42. The van der Waals surface area contributed by atoms with Crippen molar-refractivity contribution in [1.82, 2.24) is 14.6 Å². The normalized spacial score (nSPS) is 11.1. The fraction of sp³-hybridized carbons (Fsp3) is 0.214. The molecule has 0 atom stereocenters. The highest BCUT2D eigenvalue weighted by Crippen LogP contribution is 2.09. The van der Waals surface area contributed by atoms with Gasteiger partial charge in [0.25, 0.3) is 0 Å². The van der Waals surface area contributed by atoms with Crippen LogP contribution in [0.3, 0.4) is 0 Å². The topological polar surface area (TPSA) is 54.8 Å². The lowest BCUT2D eigenvalue weighted by Crippen LogP contribution is -2.31. The molecule has 0 fully saturated rings. The number of aryl methyl sites for hydroxylation is 1. The van der Waals surface area contributed by atoms with Gasteiger partial charge < -0.3 is 0 Å². The fourth-order valence-electron chi connectivity index (χ4n) is 2.30. The monoisotopic (exact) mass is 289 g/mol. The molecule has 0 saturated heterocycles. The highest BCUT2D eigenvalue weighted by atomic mass is 35.5. The summed E-state index contributed by atoms with van der Waals surface area (Å²) >= 11 is 5.79. The van der Waals surface area contributed by atoms with E-state index in [1.54, 1.807) is 16.8 Å². The maximum absolute atomic E-state index is 11.9. The van der Waals surface area contributed by atoms with E-state index in [0.29, 0.717) is 18.1 Å². The summed E-state index contributed by atoms with van der Waals surface area (Å²) in [5.41, 5.74) is 2.79. The Labute approximate surface area is 120 Å². The van der Waals surface area contributed by atoms with Gasteiger partial charge in [-0.1, -0.05) is 23.7 Å². The van der Waals surface area contributed by atoms with Gasteiger partial charge in [-0.25, -0.2) is 9.78 Å². The van der Waals surface area contributed by atoms with Crippen LogP contribution < -0.4 is 10.2 Å². The van der Waals surface area contributed by atoms with Gasteiger partial charge >= 0.3 is 11.3 Å². The third-order valence-electron chi connectivity index (χ3n) is 3.27. The molecule has 0 amide bonds. The molecular formula is C14H14ClN4O+. The predicted molar refractivity (Wildman–Crippen MR) is 75.9 cm³/mol. The SMILES string of the molecule is CCn1c(=O)[nH][n+]2c(Cc3ccc(Cl)nc3)cccc12. The number of rotatable bonds is 3. The molecule has 1 N–H and O–H groups in total. The molecule has 0 aromatic carbocycles. The van der Waals surface area contributed by atoms with Crippen molar-refractivity contribution in [2.45, 2.75) is 19.9 Å². The molecule has 5 nitrogen and oxygen atoms in total. The van der Waals surface area contributed by atoms with E-state index in [-0.39, 0.29) is 5.69 Å². The minimum Gasteiger partial charge on any atom is -0.244 e. The number of pyridine rings is 2. The van der Waals surface area contributed by atoms with Crippen LogP contribution in [0.2, 0.25) is 5.15 Å². The van der Waals surface area contributed by atoms with Crippen molar-refractivity contribution in [1.29, 1.82) is 0 Å². The fourth-order valence-corrected chi connectivity index (χ4v) is 2.42. The first-order chi connectivity index (χ1) is 9.69. The Hall–Kier alpha value is -2.14. The third kappa shape index (κ3) is 2.20. The summed E-state index contributed by atoms with van der Waals surface area (Å²) in [6.07, 6.45) is 2.42. The van der Waals surface area contributed by atoms with E-state index in [9.17, 15) is 4.79 Å². The average molecular weight is 290 g/mol. The lowest BCUT2D eigenvalue weighted by Gasteiger charge is -2.00. The van der Waals surface area contributed by atoms with Crippen molar-refractivity contribution in [2.75, 3.05) is 0 Å². The smallest absolute Gasteiger partial charge is 0.244 e. The Morgan fingerprint density at radius 1 is 1.35 bits per heavy atom. The standard InChI is InChI=1S/C14H13ClN4O/c1-2-18-13-5-3-4-11(19(13)17-14(18)20)8-10-6-7-12(15)16-9-10/h3-7,9H,2,8H2,1H3/p+1. The molecule has 0 bridgehead atoms. The van der Waals surface area contributed by atoms with Crippen molar-refractivity contribution in [3.8, 4) is 0 Å². The maximum Gasteiger partial charge on any atom is 0.444 e. The van der Waals surface area contributed by atoms with Crippen LogP contribution in [0.25, 0.3) is 5.65 Å². The molecule has 3 aromatic rings. The van der Waals surface area contributed by atoms with Gasteiger partial charge in [0, 0.05) is 18.7 Å². The van der Waals surface area contributed by atoms with Crippen LogP contribution in [0, 0.1) is 0 Å². The predicted octanol–water partition coefficient (Wildman–Crippen LogP) is 1.57. The van der Waals surface area contributed by atoms with E-state index in [1.165, 1.54) is 0 Å². The van der Waals surface area contributed by atoms with Crippen molar-refractivity contribution < 1.29 is 4.52 Å². The van der Waals surface area contributed by atoms with Gasteiger partial charge in [0.15, 0.2) is 0 Å². The summed E-state index contributed by atoms with van der Waals surface area (Å²) in [6, 6.07) is 9.56. The summed E-state index contributed by atoms with van der Waals surface area (Å²) in [6.45, 7) is 2.59. The molecule has 0 aliphatic rings. The van der Waals surface area contributed by atoms with Crippen molar-refractivity contribution in [3.63, 3.8) is 0 Å². The molecule has 0 unspecified atom stereocenters. The second-order valence-electron chi connectivity index (χ2n) is 4.54. The Morgan fingerprint density at radius 2 is 2.20 bits per heavy atom. The van der Waals surface area contributed by atoms with Crippen LogP contribution in [0.1, 0.15) is 18.2 Å². The summed E-state index contributed by atoms with van der Waals surface area (Å²) in [7, 11) is 0. The molecule has 0 radical (unpaired) electrons. The number of fused-ring (bicyclic) bond motifs is 1. The summed E-state index contributed by atoms with van der Waals surface area (Å²) in [5.74, 6) is 0. The van der Waals surface area contributed by atoms with Gasteiger partial charge in [0.05, 0.1) is 6.54 Å². The largest absolute Gasteiger partial charge is 0.444 e. The van der Waals surface area contributed by atoms with Crippen molar-refractivity contribution >= 4 is 17.2 Å². The molecule has 0 aliphatic carbocycles. The van der Waals surface area contributed by atoms with E-state index in [1.807, 2.05) is 35.7 Å². The molecule has 3 aromatic heterocycles. The molecule has 6 heteroatoms. The van der Waals surface area contributed by atoms with Crippen LogP contribution in [0.4, 0.5) is 0 Å². The van der Waals surface area contributed by atoms with Crippen LogP contribution in [-0.2, 0) is 13.0 Å². The highest BCUT2D eigenvalue weighted by Gasteiger charge is 2.16. The number of nitrogens with one attached hydrogen (secondary N) is 1. The van der Waals surface area contributed by atoms with Gasteiger partial charge in [-0.3, -0.25) is 0 Å². The number of hydrogen-bond donors (Lipinski definition) is 1. The Morgan fingerprint density at radius 3 is 2.90 bits per heavy atom. The number of aromatic nitrogens is 4. The number of nitrogens with zero attached hydrogens (tertiary/aromatic N) is 3. The van der Waals surface area contributed by atoms with E-state index < -0.39 is 0 Å². The van der Waals surface area contributed by atoms with Crippen LogP contribution in [0.5, 0.6) is 0 Å². The summed E-state index contributed by atoms with van der Waals surface area (Å²) in [4.78, 5) is 15.9. The van der Waals surface area contributed by atoms with E-state index >= 15 is 0 Å². The van der Waals surface area contributed by atoms with Gasteiger partial charge in [0.2, 0.25) is 0 Å². The molecule has 20 heavy (non-hydrogen) atoms. The number of aromatic amines is 1. The van der Waals surface area contributed by atoms with Crippen LogP contribution in [0.15, 0.2) is 41.3 Å². The lowest BCUT2D eigenvalue weighted by molar-refractivity contribution is -0.587. The first kappa shape index (κ1) is 12.9. The number of H-pyrrole nitrogens is 1. The van der Waals surface area contributed by atoms with E-state index in [0.717, 1.165) is 16.9 Å². The molecule has 3 rings (SSSR count). The number of halogens is 1. The minimum absolute atomic E-state index is 0.103. The first-order valence-corrected chi connectivity index (χ1v) is 6.79. The molecule has 102 valence electrons. The average Bonchev–Trinajstić information content (AvgIpc) is 2.78. The second-order valence-corrected chi connectivity index (χ2v) is 4.93. The quantitative estimate of drug-likeness (QED) is 0.588.